The zero-order valence-electron chi connectivity index (χ0n) is 12.7. The number of hydrogen-bond acceptors (Lipinski definition) is 4. The van der Waals surface area contributed by atoms with Crippen molar-refractivity contribution >= 4 is 17.7 Å². The molecule has 1 N–H and O–H groups in total. The first kappa shape index (κ1) is 15.4. The van der Waals surface area contributed by atoms with Gasteiger partial charge in [-0.2, -0.15) is 11.8 Å². The Morgan fingerprint density at radius 3 is 2.95 bits per heavy atom. The van der Waals surface area contributed by atoms with Crippen molar-refractivity contribution in [2.45, 2.75) is 50.4 Å². The number of hydrogen-bond donors (Lipinski definition) is 1. The SMILES string of the molecule is C=C(C)[C@H]1OCC[C@H]1C(=O)NC1CCOC2(CCSC2)C1. The Kier molecular flexibility index (Phi) is 4.62. The molecule has 3 aliphatic heterocycles. The van der Waals surface area contributed by atoms with E-state index in [0.717, 1.165) is 43.6 Å². The molecule has 21 heavy (non-hydrogen) atoms. The highest BCUT2D eigenvalue weighted by Crippen LogP contribution is 2.38. The number of nitrogens with one attached hydrogen (secondary N) is 1. The highest BCUT2D eigenvalue weighted by Gasteiger charge is 2.42. The number of ether oxygens (including phenoxy) is 2. The van der Waals surface area contributed by atoms with Crippen LogP contribution in [-0.2, 0) is 14.3 Å². The lowest BCUT2D eigenvalue weighted by Gasteiger charge is -2.38. The molecular formula is C16H25NO3S. The zero-order chi connectivity index (χ0) is 14.9. The van der Waals surface area contributed by atoms with Gasteiger partial charge in [0.25, 0.3) is 0 Å². The number of rotatable bonds is 3. The second kappa shape index (κ2) is 6.31. The van der Waals surface area contributed by atoms with E-state index in [1.807, 2.05) is 18.7 Å². The van der Waals surface area contributed by atoms with E-state index >= 15 is 0 Å². The fourth-order valence-corrected chi connectivity index (χ4v) is 5.04. The van der Waals surface area contributed by atoms with E-state index < -0.39 is 0 Å². The second-order valence-corrected chi connectivity index (χ2v) is 7.67. The van der Waals surface area contributed by atoms with Gasteiger partial charge in [-0.3, -0.25) is 4.79 Å². The van der Waals surface area contributed by atoms with E-state index in [-0.39, 0.29) is 29.6 Å². The summed E-state index contributed by atoms with van der Waals surface area (Å²) in [5.74, 6) is 2.31. The summed E-state index contributed by atoms with van der Waals surface area (Å²) in [4.78, 5) is 12.6. The Hall–Kier alpha value is -0.520. The highest BCUT2D eigenvalue weighted by molar-refractivity contribution is 7.99. The fourth-order valence-electron chi connectivity index (χ4n) is 3.67. The maximum atomic E-state index is 12.6. The minimum Gasteiger partial charge on any atom is -0.374 e. The van der Waals surface area contributed by atoms with E-state index in [2.05, 4.69) is 11.9 Å². The summed E-state index contributed by atoms with van der Waals surface area (Å²) in [5, 5.41) is 3.25. The minimum absolute atomic E-state index is 0.0147. The first-order chi connectivity index (χ1) is 10.1. The molecule has 118 valence electrons. The maximum absolute atomic E-state index is 12.6. The lowest BCUT2D eigenvalue weighted by atomic mass is 9.89. The highest BCUT2D eigenvalue weighted by atomic mass is 32.2. The van der Waals surface area contributed by atoms with Crippen molar-refractivity contribution in [2.75, 3.05) is 24.7 Å². The van der Waals surface area contributed by atoms with E-state index in [9.17, 15) is 4.79 Å². The smallest absolute Gasteiger partial charge is 0.226 e. The van der Waals surface area contributed by atoms with Gasteiger partial charge in [0.05, 0.1) is 17.6 Å². The first-order valence-corrected chi connectivity index (χ1v) is 9.04. The molecule has 0 aromatic heterocycles. The first-order valence-electron chi connectivity index (χ1n) is 7.89. The van der Waals surface area contributed by atoms with Crippen molar-refractivity contribution in [3.63, 3.8) is 0 Å². The van der Waals surface area contributed by atoms with Crippen LogP contribution in [0.4, 0.5) is 0 Å². The summed E-state index contributed by atoms with van der Waals surface area (Å²) in [5.41, 5.74) is 0.962. The van der Waals surface area contributed by atoms with Gasteiger partial charge < -0.3 is 14.8 Å². The Morgan fingerprint density at radius 2 is 2.24 bits per heavy atom. The van der Waals surface area contributed by atoms with Gasteiger partial charge in [-0.15, -0.1) is 0 Å². The normalized spacial score (nSPS) is 39.6. The molecular weight excluding hydrogens is 286 g/mol. The van der Waals surface area contributed by atoms with E-state index in [0.29, 0.717) is 6.61 Å². The topological polar surface area (TPSA) is 47.6 Å². The molecule has 3 heterocycles. The molecule has 0 bridgehead atoms. The van der Waals surface area contributed by atoms with Crippen molar-refractivity contribution in [1.29, 1.82) is 0 Å². The van der Waals surface area contributed by atoms with Crippen LogP contribution >= 0.6 is 11.8 Å². The third kappa shape index (κ3) is 3.30. The van der Waals surface area contributed by atoms with E-state index in [1.54, 1.807) is 0 Å². The zero-order valence-corrected chi connectivity index (χ0v) is 13.5. The third-order valence-corrected chi connectivity index (χ3v) is 6.04. The lowest BCUT2D eigenvalue weighted by molar-refractivity contribution is -0.129. The molecule has 5 heteroatoms. The Labute approximate surface area is 131 Å². The van der Waals surface area contributed by atoms with Crippen molar-refractivity contribution in [2.24, 2.45) is 5.92 Å². The van der Waals surface area contributed by atoms with Crippen LogP contribution in [-0.4, -0.2) is 48.4 Å². The molecule has 0 radical (unpaired) electrons. The molecule has 3 fully saturated rings. The molecule has 0 saturated carbocycles. The van der Waals surface area contributed by atoms with Crippen LogP contribution in [0.5, 0.6) is 0 Å². The second-order valence-electron chi connectivity index (χ2n) is 6.57. The van der Waals surface area contributed by atoms with E-state index in [1.165, 1.54) is 5.75 Å². The predicted molar refractivity (Wildman–Crippen MR) is 84.5 cm³/mol. The van der Waals surface area contributed by atoms with Gasteiger partial charge in [0, 0.05) is 25.0 Å². The molecule has 0 aromatic rings. The summed E-state index contributed by atoms with van der Waals surface area (Å²) in [7, 11) is 0. The van der Waals surface area contributed by atoms with Gasteiger partial charge in [-0.1, -0.05) is 12.2 Å². The number of thioether (sulfide) groups is 1. The molecule has 3 saturated heterocycles. The van der Waals surface area contributed by atoms with Gasteiger partial charge in [0.15, 0.2) is 0 Å². The van der Waals surface area contributed by atoms with Gasteiger partial charge >= 0.3 is 0 Å². The summed E-state index contributed by atoms with van der Waals surface area (Å²) in [6.45, 7) is 7.30. The Morgan fingerprint density at radius 1 is 1.38 bits per heavy atom. The summed E-state index contributed by atoms with van der Waals surface area (Å²) in [6.07, 6.45) is 3.68. The van der Waals surface area contributed by atoms with Crippen molar-refractivity contribution in [1.82, 2.24) is 5.32 Å². The van der Waals surface area contributed by atoms with Crippen LogP contribution < -0.4 is 5.32 Å². The van der Waals surface area contributed by atoms with Crippen LogP contribution in [0.1, 0.15) is 32.6 Å². The Bertz CT molecular complexity index is 420. The Balaban J connectivity index is 1.58. The van der Waals surface area contributed by atoms with Gasteiger partial charge in [0.2, 0.25) is 5.91 Å². The van der Waals surface area contributed by atoms with Crippen LogP contribution in [0, 0.1) is 5.92 Å². The van der Waals surface area contributed by atoms with Crippen LogP contribution in [0.2, 0.25) is 0 Å². The fraction of sp³-hybridized carbons (Fsp3) is 0.812. The van der Waals surface area contributed by atoms with Crippen LogP contribution in [0.15, 0.2) is 12.2 Å². The molecule has 0 aromatic carbocycles. The minimum atomic E-state index is -0.110. The quantitative estimate of drug-likeness (QED) is 0.811. The van der Waals surface area contributed by atoms with Crippen molar-refractivity contribution in [3.05, 3.63) is 12.2 Å². The van der Waals surface area contributed by atoms with E-state index in [4.69, 9.17) is 9.47 Å². The molecule has 3 rings (SSSR count). The molecule has 3 aliphatic rings. The number of carbonyl (C=O) groups is 1. The van der Waals surface area contributed by atoms with Gasteiger partial charge in [-0.05, 0) is 38.4 Å². The molecule has 4 atom stereocenters. The van der Waals surface area contributed by atoms with Gasteiger partial charge in [-0.25, -0.2) is 0 Å². The number of amides is 1. The van der Waals surface area contributed by atoms with Crippen molar-refractivity contribution in [3.8, 4) is 0 Å². The average molecular weight is 311 g/mol. The lowest BCUT2D eigenvalue weighted by Crippen LogP contribution is -2.50. The summed E-state index contributed by atoms with van der Waals surface area (Å²) in [6, 6.07) is 0.247. The van der Waals surface area contributed by atoms with Crippen molar-refractivity contribution < 1.29 is 14.3 Å². The summed E-state index contributed by atoms with van der Waals surface area (Å²) < 4.78 is 11.7. The number of carbonyl (C=O) groups excluding carboxylic acids is 1. The van der Waals surface area contributed by atoms with Crippen LogP contribution in [0.3, 0.4) is 0 Å². The maximum Gasteiger partial charge on any atom is 0.226 e. The monoisotopic (exact) mass is 311 g/mol. The molecule has 1 spiro atoms. The predicted octanol–water partition coefficient (Wildman–Crippen LogP) is 2.14. The standard InChI is InChI=1S/C16H25NO3S/c1-11(2)14-13(4-6-19-14)15(18)17-12-3-7-20-16(9-12)5-8-21-10-16/h12-14H,1,3-10H2,2H3,(H,17,18)/t12?,13-,14-,16?/m1/s1. The third-order valence-electron chi connectivity index (χ3n) is 4.82. The van der Waals surface area contributed by atoms with Gasteiger partial charge in [0.1, 0.15) is 0 Å². The van der Waals surface area contributed by atoms with Crippen LogP contribution in [0.25, 0.3) is 0 Å². The largest absolute Gasteiger partial charge is 0.374 e. The average Bonchev–Trinajstić information content (AvgIpc) is 3.08. The molecule has 4 nitrogen and oxygen atoms in total. The molecule has 0 aliphatic carbocycles. The summed E-state index contributed by atoms with van der Waals surface area (Å²) >= 11 is 1.96. The molecule has 1 amide bonds. The molecule has 2 unspecified atom stereocenters.